The predicted molar refractivity (Wildman–Crippen MR) is 93.7 cm³/mol. The molecule has 0 unspecified atom stereocenters. The normalized spacial score (nSPS) is 18.9. The summed E-state index contributed by atoms with van der Waals surface area (Å²) >= 11 is 7.21. The van der Waals surface area contributed by atoms with Gasteiger partial charge in [0.25, 0.3) is 0 Å². The van der Waals surface area contributed by atoms with Gasteiger partial charge in [0.1, 0.15) is 0 Å². The standard InChI is InChI=1S/C14H19Br2N5/c1-8-12(16)10(15)6-11-13(8)19-14(21(11)5-3-17)20-4-2-9(18)7-20/h6,9H,2-5,7,17-18H2,1H3/t9-/m0/s1. The minimum absolute atomic E-state index is 0.232. The highest BCUT2D eigenvalue weighted by molar-refractivity contribution is 9.13. The van der Waals surface area contributed by atoms with Gasteiger partial charge in [-0.05, 0) is 56.8 Å². The summed E-state index contributed by atoms with van der Waals surface area (Å²) in [4.78, 5) is 7.14. The van der Waals surface area contributed by atoms with Gasteiger partial charge in [-0.15, -0.1) is 0 Å². The summed E-state index contributed by atoms with van der Waals surface area (Å²) in [5.74, 6) is 0.983. The van der Waals surface area contributed by atoms with Crippen LogP contribution in [0.15, 0.2) is 15.0 Å². The maximum absolute atomic E-state index is 6.04. The Labute approximate surface area is 140 Å². The lowest BCUT2D eigenvalue weighted by atomic mass is 10.2. The molecule has 0 bridgehead atoms. The Morgan fingerprint density at radius 2 is 2.19 bits per heavy atom. The molecule has 21 heavy (non-hydrogen) atoms. The number of halogens is 2. The van der Waals surface area contributed by atoms with Crippen molar-refractivity contribution < 1.29 is 0 Å². The molecule has 1 aliphatic rings. The molecule has 5 nitrogen and oxygen atoms in total. The highest BCUT2D eigenvalue weighted by Gasteiger charge is 2.25. The van der Waals surface area contributed by atoms with Crippen LogP contribution < -0.4 is 16.4 Å². The molecule has 0 radical (unpaired) electrons. The van der Waals surface area contributed by atoms with Crippen LogP contribution in [-0.2, 0) is 6.54 Å². The van der Waals surface area contributed by atoms with Crippen LogP contribution in [0.4, 0.5) is 5.95 Å². The zero-order valence-electron chi connectivity index (χ0n) is 11.9. The van der Waals surface area contributed by atoms with Crippen LogP contribution in [0.2, 0.25) is 0 Å². The number of hydrogen-bond donors (Lipinski definition) is 2. The molecule has 7 heteroatoms. The first-order valence-corrected chi connectivity index (χ1v) is 8.67. The summed E-state index contributed by atoms with van der Waals surface area (Å²) < 4.78 is 4.30. The first-order valence-electron chi connectivity index (χ1n) is 7.08. The molecule has 1 atom stereocenters. The first kappa shape index (κ1) is 15.3. The van der Waals surface area contributed by atoms with Gasteiger partial charge in [-0.2, -0.15) is 0 Å². The third-order valence-corrected chi connectivity index (χ3v) is 6.18. The summed E-state index contributed by atoms with van der Waals surface area (Å²) in [7, 11) is 0. The molecule has 2 heterocycles. The van der Waals surface area contributed by atoms with E-state index in [0.717, 1.165) is 57.5 Å². The molecule has 114 valence electrons. The van der Waals surface area contributed by atoms with E-state index in [-0.39, 0.29) is 6.04 Å². The van der Waals surface area contributed by atoms with Gasteiger partial charge in [0.15, 0.2) is 0 Å². The van der Waals surface area contributed by atoms with Crippen LogP contribution in [0.5, 0.6) is 0 Å². The Kier molecular flexibility index (Phi) is 4.27. The quantitative estimate of drug-likeness (QED) is 0.805. The number of fused-ring (bicyclic) bond motifs is 1. The number of hydrogen-bond acceptors (Lipinski definition) is 4. The molecule has 0 saturated carbocycles. The molecule has 4 N–H and O–H groups in total. The number of nitrogens with two attached hydrogens (primary N) is 2. The van der Waals surface area contributed by atoms with Crippen LogP contribution in [-0.4, -0.2) is 35.2 Å². The second-order valence-electron chi connectivity index (χ2n) is 5.51. The fraction of sp³-hybridized carbons (Fsp3) is 0.500. The summed E-state index contributed by atoms with van der Waals surface area (Å²) in [5, 5.41) is 0. The lowest BCUT2D eigenvalue weighted by molar-refractivity contribution is 0.701. The van der Waals surface area contributed by atoms with Crippen molar-refractivity contribution in [2.24, 2.45) is 11.5 Å². The number of nitrogens with zero attached hydrogens (tertiary/aromatic N) is 3. The van der Waals surface area contributed by atoms with Crippen LogP contribution in [0, 0.1) is 6.92 Å². The molecule has 1 aromatic carbocycles. The Morgan fingerprint density at radius 3 is 2.81 bits per heavy atom. The van der Waals surface area contributed by atoms with Gasteiger partial charge in [-0.25, -0.2) is 4.98 Å². The molecular formula is C14H19Br2N5. The molecule has 2 aromatic rings. The van der Waals surface area contributed by atoms with Crippen molar-refractivity contribution in [1.29, 1.82) is 0 Å². The van der Waals surface area contributed by atoms with E-state index in [9.17, 15) is 0 Å². The topological polar surface area (TPSA) is 73.1 Å². The van der Waals surface area contributed by atoms with Crippen molar-refractivity contribution in [3.05, 3.63) is 20.6 Å². The fourth-order valence-corrected chi connectivity index (χ4v) is 3.72. The second kappa shape index (κ2) is 5.87. The van der Waals surface area contributed by atoms with Crippen molar-refractivity contribution in [2.45, 2.75) is 25.9 Å². The minimum Gasteiger partial charge on any atom is -0.341 e. The largest absolute Gasteiger partial charge is 0.341 e. The number of anilines is 1. The molecule has 1 fully saturated rings. The highest BCUT2D eigenvalue weighted by Crippen LogP contribution is 2.35. The Bertz CT molecular complexity index is 682. The molecule has 1 aromatic heterocycles. The van der Waals surface area contributed by atoms with Gasteiger partial charge >= 0.3 is 0 Å². The number of aromatic nitrogens is 2. The maximum atomic E-state index is 6.04. The van der Waals surface area contributed by atoms with Crippen molar-refractivity contribution >= 4 is 48.8 Å². The van der Waals surface area contributed by atoms with E-state index in [1.54, 1.807) is 0 Å². The van der Waals surface area contributed by atoms with Crippen molar-refractivity contribution in [3.63, 3.8) is 0 Å². The number of benzene rings is 1. The summed E-state index contributed by atoms with van der Waals surface area (Å²) in [6.45, 7) is 5.23. The zero-order chi connectivity index (χ0) is 15.1. The van der Waals surface area contributed by atoms with Crippen molar-refractivity contribution in [3.8, 4) is 0 Å². The Morgan fingerprint density at radius 1 is 1.43 bits per heavy atom. The van der Waals surface area contributed by atoms with Gasteiger partial charge in [-0.1, -0.05) is 0 Å². The van der Waals surface area contributed by atoms with Gasteiger partial charge < -0.3 is 20.9 Å². The van der Waals surface area contributed by atoms with E-state index in [1.807, 2.05) is 0 Å². The van der Waals surface area contributed by atoms with E-state index < -0.39 is 0 Å². The third-order valence-electron chi connectivity index (χ3n) is 4.00. The summed E-state index contributed by atoms with van der Waals surface area (Å²) in [6.07, 6.45) is 1.01. The predicted octanol–water partition coefficient (Wildman–Crippen LogP) is 2.37. The SMILES string of the molecule is Cc1c(Br)c(Br)cc2c1nc(N1CC[C@H](N)C1)n2CCN. The molecule has 3 rings (SSSR count). The number of imidazole rings is 1. The lowest BCUT2D eigenvalue weighted by Gasteiger charge is -2.18. The lowest BCUT2D eigenvalue weighted by Crippen LogP contribution is -2.29. The third kappa shape index (κ3) is 2.60. The minimum atomic E-state index is 0.232. The molecular weight excluding hydrogens is 398 g/mol. The van der Waals surface area contributed by atoms with Gasteiger partial charge in [0.05, 0.1) is 11.0 Å². The average molecular weight is 417 g/mol. The monoisotopic (exact) mass is 415 g/mol. The average Bonchev–Trinajstić information content (AvgIpc) is 3.02. The Balaban J connectivity index is 2.19. The van der Waals surface area contributed by atoms with Gasteiger partial charge in [0, 0.05) is 41.2 Å². The maximum Gasteiger partial charge on any atom is 0.206 e. The summed E-state index contributed by atoms with van der Waals surface area (Å²) in [6, 6.07) is 2.34. The first-order chi connectivity index (χ1) is 10.0. The second-order valence-corrected chi connectivity index (χ2v) is 7.16. The van der Waals surface area contributed by atoms with E-state index in [0.29, 0.717) is 6.54 Å². The Hall–Kier alpha value is -0.630. The van der Waals surface area contributed by atoms with Gasteiger partial charge in [0.2, 0.25) is 5.95 Å². The van der Waals surface area contributed by atoms with E-state index in [1.165, 1.54) is 0 Å². The van der Waals surface area contributed by atoms with Crippen LogP contribution in [0.25, 0.3) is 11.0 Å². The summed E-state index contributed by atoms with van der Waals surface area (Å²) in [5.41, 5.74) is 15.1. The molecule has 1 saturated heterocycles. The molecule has 0 spiro atoms. The molecule has 1 aliphatic heterocycles. The zero-order valence-corrected chi connectivity index (χ0v) is 15.1. The number of rotatable bonds is 3. The van der Waals surface area contributed by atoms with Crippen molar-refractivity contribution in [1.82, 2.24) is 9.55 Å². The van der Waals surface area contributed by atoms with E-state index >= 15 is 0 Å². The van der Waals surface area contributed by atoms with Gasteiger partial charge in [-0.3, -0.25) is 0 Å². The highest BCUT2D eigenvalue weighted by atomic mass is 79.9. The smallest absolute Gasteiger partial charge is 0.206 e. The van der Waals surface area contributed by atoms with E-state index in [2.05, 4.69) is 54.3 Å². The van der Waals surface area contributed by atoms with Crippen LogP contribution in [0.1, 0.15) is 12.0 Å². The van der Waals surface area contributed by atoms with Crippen molar-refractivity contribution in [2.75, 3.05) is 24.5 Å². The van der Waals surface area contributed by atoms with E-state index in [4.69, 9.17) is 16.5 Å². The molecule has 0 aliphatic carbocycles. The van der Waals surface area contributed by atoms with Crippen LogP contribution in [0.3, 0.4) is 0 Å². The molecule has 0 amide bonds. The van der Waals surface area contributed by atoms with Crippen LogP contribution >= 0.6 is 31.9 Å². The number of aryl methyl sites for hydroxylation is 1. The fourth-order valence-electron chi connectivity index (χ4n) is 2.90.